The van der Waals surface area contributed by atoms with Gasteiger partial charge in [0.15, 0.2) is 0 Å². The van der Waals surface area contributed by atoms with E-state index in [1.807, 2.05) is 28.0 Å². The van der Waals surface area contributed by atoms with Gasteiger partial charge in [0.25, 0.3) is 0 Å². The molecule has 2 aliphatic heterocycles. The number of fused-ring (bicyclic) bond motifs is 1. The van der Waals surface area contributed by atoms with E-state index in [0.717, 1.165) is 19.4 Å². The van der Waals surface area contributed by atoms with Gasteiger partial charge in [0.2, 0.25) is 0 Å². The van der Waals surface area contributed by atoms with Crippen LogP contribution >= 0.6 is 0 Å². The fourth-order valence-corrected chi connectivity index (χ4v) is 4.52. The largest absolute Gasteiger partial charge is 0.497 e. The zero-order valence-corrected chi connectivity index (χ0v) is 15.9. The molecule has 0 bridgehead atoms. The Labute approximate surface area is 160 Å². The van der Waals surface area contributed by atoms with Crippen LogP contribution in [0.4, 0.5) is 15.3 Å². The van der Waals surface area contributed by atoms with Crippen LogP contribution < -0.4 is 10.1 Å². The highest BCUT2D eigenvalue weighted by atomic mass is 16.5. The minimum atomic E-state index is -0.119. The van der Waals surface area contributed by atoms with Crippen LogP contribution in [-0.4, -0.2) is 72.1 Å². The Bertz CT molecular complexity index is 704. The highest BCUT2D eigenvalue weighted by Crippen LogP contribution is 2.29. The summed E-state index contributed by atoms with van der Waals surface area (Å²) < 4.78 is 5.21. The molecule has 1 N–H and O–H groups in total. The molecule has 3 aliphatic rings. The van der Waals surface area contributed by atoms with Gasteiger partial charge in [-0.3, -0.25) is 0 Å². The third-order valence-electron chi connectivity index (χ3n) is 6.01. The van der Waals surface area contributed by atoms with E-state index in [9.17, 15) is 9.59 Å². The summed E-state index contributed by atoms with van der Waals surface area (Å²) in [6.45, 7) is 2.51. The molecule has 146 valence electrons. The van der Waals surface area contributed by atoms with Gasteiger partial charge in [0.05, 0.1) is 13.2 Å². The van der Waals surface area contributed by atoms with E-state index in [2.05, 4.69) is 10.2 Å². The van der Waals surface area contributed by atoms with Gasteiger partial charge in [-0.15, -0.1) is 0 Å². The Morgan fingerprint density at radius 2 is 1.89 bits per heavy atom. The van der Waals surface area contributed by atoms with Gasteiger partial charge < -0.3 is 24.8 Å². The van der Waals surface area contributed by atoms with E-state index in [1.165, 1.54) is 19.3 Å². The fraction of sp³-hybridized carbons (Fsp3) is 0.600. The number of carbonyl (C=O) groups excluding carboxylic acids is 2. The highest BCUT2D eigenvalue weighted by molar-refractivity contribution is 5.90. The molecular formula is C20H28N4O3. The predicted octanol–water partition coefficient (Wildman–Crippen LogP) is 2.98. The van der Waals surface area contributed by atoms with Crippen molar-refractivity contribution < 1.29 is 14.3 Å². The lowest BCUT2D eigenvalue weighted by molar-refractivity contribution is 0.133. The topological polar surface area (TPSA) is 65.1 Å². The second-order valence-electron chi connectivity index (χ2n) is 7.68. The van der Waals surface area contributed by atoms with Gasteiger partial charge in [-0.1, -0.05) is 25.3 Å². The van der Waals surface area contributed by atoms with E-state index < -0.39 is 0 Å². The van der Waals surface area contributed by atoms with Crippen LogP contribution in [0.3, 0.4) is 0 Å². The summed E-state index contributed by atoms with van der Waals surface area (Å²) in [6, 6.07) is 7.88. The minimum Gasteiger partial charge on any atom is -0.497 e. The molecule has 4 amide bonds. The Morgan fingerprint density at radius 1 is 1.07 bits per heavy atom. The molecule has 7 nitrogen and oxygen atoms in total. The normalized spacial score (nSPS) is 23.4. The van der Waals surface area contributed by atoms with Crippen LogP contribution in [0.25, 0.3) is 0 Å². The predicted molar refractivity (Wildman–Crippen MR) is 103 cm³/mol. The summed E-state index contributed by atoms with van der Waals surface area (Å²) in [4.78, 5) is 31.3. The molecule has 1 atom stereocenters. The van der Waals surface area contributed by atoms with Crippen molar-refractivity contribution >= 4 is 17.7 Å². The monoisotopic (exact) mass is 372 g/mol. The molecule has 0 spiro atoms. The lowest BCUT2D eigenvalue weighted by Crippen LogP contribution is -2.54. The molecule has 1 aromatic rings. The van der Waals surface area contributed by atoms with E-state index in [0.29, 0.717) is 37.1 Å². The number of carbonyl (C=O) groups is 2. The third-order valence-corrected chi connectivity index (χ3v) is 6.01. The quantitative estimate of drug-likeness (QED) is 0.887. The lowest BCUT2D eigenvalue weighted by Gasteiger charge is -2.36. The van der Waals surface area contributed by atoms with Gasteiger partial charge in [-0.25, -0.2) is 9.59 Å². The number of nitrogens with zero attached hydrogens (tertiary/aromatic N) is 3. The number of piperazine rings is 1. The first-order valence-corrected chi connectivity index (χ1v) is 9.93. The molecule has 4 rings (SSSR count). The molecule has 1 aromatic carbocycles. The van der Waals surface area contributed by atoms with E-state index in [1.54, 1.807) is 13.2 Å². The summed E-state index contributed by atoms with van der Waals surface area (Å²) in [5.74, 6) is 0.710. The van der Waals surface area contributed by atoms with Gasteiger partial charge in [0.1, 0.15) is 5.75 Å². The molecular weight excluding hydrogens is 344 g/mol. The van der Waals surface area contributed by atoms with Crippen LogP contribution in [-0.2, 0) is 0 Å². The van der Waals surface area contributed by atoms with E-state index >= 15 is 0 Å². The number of ether oxygens (including phenoxy) is 1. The number of hydrogen-bond donors (Lipinski definition) is 1. The summed E-state index contributed by atoms with van der Waals surface area (Å²) in [5.41, 5.74) is 0.716. The Hall–Kier alpha value is -2.44. The number of hydrogen-bond acceptors (Lipinski definition) is 3. The summed E-state index contributed by atoms with van der Waals surface area (Å²) in [6.07, 6.45) is 5.95. The number of anilines is 1. The summed E-state index contributed by atoms with van der Waals surface area (Å²) >= 11 is 0. The third kappa shape index (κ3) is 3.68. The van der Waals surface area contributed by atoms with Gasteiger partial charge >= 0.3 is 12.1 Å². The first-order chi connectivity index (χ1) is 13.2. The Morgan fingerprint density at radius 3 is 2.67 bits per heavy atom. The smallest absolute Gasteiger partial charge is 0.321 e. The van der Waals surface area contributed by atoms with Crippen molar-refractivity contribution in [3.8, 4) is 5.75 Å². The molecule has 3 fully saturated rings. The molecule has 0 radical (unpaired) electrons. The average Bonchev–Trinajstić information content (AvgIpc) is 3.05. The van der Waals surface area contributed by atoms with Crippen molar-refractivity contribution in [3.05, 3.63) is 24.3 Å². The van der Waals surface area contributed by atoms with Gasteiger partial charge in [-0.2, -0.15) is 0 Å². The number of amides is 4. The number of benzene rings is 1. The SMILES string of the molecule is COc1cccc(NC(=O)N2CCN3C(=O)N(C4CCCCC4)C[C@H]3C2)c1. The number of rotatable bonds is 3. The van der Waals surface area contributed by atoms with Crippen molar-refractivity contribution in [2.45, 2.75) is 44.2 Å². The van der Waals surface area contributed by atoms with Crippen LogP contribution in [0, 0.1) is 0 Å². The maximum Gasteiger partial charge on any atom is 0.321 e. The second-order valence-corrected chi connectivity index (χ2v) is 7.68. The number of methoxy groups -OCH3 is 1. The maximum atomic E-state index is 12.8. The summed E-state index contributed by atoms with van der Waals surface area (Å²) in [5, 5.41) is 2.94. The molecule has 1 saturated carbocycles. The van der Waals surface area contributed by atoms with Crippen LogP contribution in [0.5, 0.6) is 5.75 Å². The molecule has 2 saturated heterocycles. The van der Waals surface area contributed by atoms with Crippen molar-refractivity contribution in [1.82, 2.24) is 14.7 Å². The van der Waals surface area contributed by atoms with Crippen LogP contribution in [0.2, 0.25) is 0 Å². The minimum absolute atomic E-state index is 0.101. The maximum absolute atomic E-state index is 12.8. The molecule has 27 heavy (non-hydrogen) atoms. The van der Waals surface area contributed by atoms with Crippen molar-refractivity contribution in [2.75, 3.05) is 38.6 Å². The summed E-state index contributed by atoms with van der Waals surface area (Å²) in [7, 11) is 1.61. The lowest BCUT2D eigenvalue weighted by atomic mass is 9.94. The molecule has 7 heteroatoms. The molecule has 1 aliphatic carbocycles. The second kappa shape index (κ2) is 7.66. The molecule has 2 heterocycles. The van der Waals surface area contributed by atoms with Crippen molar-refractivity contribution in [2.24, 2.45) is 0 Å². The first kappa shape index (κ1) is 17.9. The first-order valence-electron chi connectivity index (χ1n) is 9.93. The molecule has 0 unspecified atom stereocenters. The fourth-order valence-electron chi connectivity index (χ4n) is 4.52. The number of nitrogens with one attached hydrogen (secondary N) is 1. The van der Waals surface area contributed by atoms with Gasteiger partial charge in [-0.05, 0) is 25.0 Å². The Kier molecular flexibility index (Phi) is 5.09. The van der Waals surface area contributed by atoms with Crippen molar-refractivity contribution in [1.29, 1.82) is 0 Å². The Balaban J connectivity index is 1.37. The van der Waals surface area contributed by atoms with Crippen LogP contribution in [0.1, 0.15) is 32.1 Å². The standard InChI is InChI=1S/C20H28N4O3/c1-27-18-9-5-6-15(12-18)21-19(25)22-10-11-23-17(13-22)14-24(20(23)26)16-7-3-2-4-8-16/h5-6,9,12,16-17H,2-4,7-8,10-11,13-14H2,1H3,(H,21,25)/t17-/m1/s1. The zero-order valence-electron chi connectivity index (χ0n) is 15.9. The van der Waals surface area contributed by atoms with Crippen molar-refractivity contribution in [3.63, 3.8) is 0 Å². The van der Waals surface area contributed by atoms with E-state index in [-0.39, 0.29) is 18.1 Å². The zero-order chi connectivity index (χ0) is 18.8. The van der Waals surface area contributed by atoms with Crippen LogP contribution in [0.15, 0.2) is 24.3 Å². The average molecular weight is 372 g/mol. The van der Waals surface area contributed by atoms with Gasteiger partial charge in [0, 0.05) is 44.0 Å². The molecule has 0 aromatic heterocycles. The highest BCUT2D eigenvalue weighted by Gasteiger charge is 2.44. The van der Waals surface area contributed by atoms with E-state index in [4.69, 9.17) is 4.74 Å². The number of urea groups is 2.